The minimum absolute atomic E-state index is 0.331. The lowest BCUT2D eigenvalue weighted by Crippen LogP contribution is -2.30. The number of fused-ring (bicyclic) bond motifs is 1. The van der Waals surface area contributed by atoms with Gasteiger partial charge in [-0.05, 0) is 50.0 Å². The Morgan fingerprint density at radius 2 is 2.00 bits per heavy atom. The number of nitrogens with one attached hydrogen (secondary N) is 1. The predicted octanol–water partition coefficient (Wildman–Crippen LogP) is 2.17. The second kappa shape index (κ2) is 5.45. The van der Waals surface area contributed by atoms with E-state index in [-0.39, 0.29) is 5.63 Å². The zero-order valence-electron chi connectivity index (χ0n) is 10.7. The van der Waals surface area contributed by atoms with E-state index in [0.29, 0.717) is 11.5 Å². The van der Waals surface area contributed by atoms with Gasteiger partial charge in [-0.15, -0.1) is 0 Å². The van der Waals surface area contributed by atoms with Crippen molar-refractivity contribution in [3.05, 3.63) is 40.8 Å². The minimum atomic E-state index is -0.331. The van der Waals surface area contributed by atoms with E-state index in [0.717, 1.165) is 43.7 Å². The smallest absolute Gasteiger partial charge is 0.336 e. The molecule has 1 aliphatic rings. The summed E-state index contributed by atoms with van der Waals surface area (Å²) in [4.78, 5) is 11.2. The average Bonchev–Trinajstić information content (AvgIpc) is 2.46. The summed E-state index contributed by atoms with van der Waals surface area (Å²) in [6.45, 7) is 2.87. The maximum absolute atomic E-state index is 11.2. The molecule has 0 aliphatic carbocycles. The van der Waals surface area contributed by atoms with Gasteiger partial charge in [-0.2, -0.15) is 0 Å². The van der Waals surface area contributed by atoms with Crippen LogP contribution in [-0.4, -0.2) is 19.7 Å². The largest absolute Gasteiger partial charge is 0.493 e. The van der Waals surface area contributed by atoms with Gasteiger partial charge in [-0.3, -0.25) is 0 Å². The fourth-order valence-corrected chi connectivity index (χ4v) is 2.39. The van der Waals surface area contributed by atoms with E-state index in [9.17, 15) is 4.79 Å². The number of benzene rings is 1. The standard InChI is InChI=1S/C15H17NO3/c17-15-4-2-12-1-3-13(9-14(12)19-15)18-10-11-5-7-16-8-6-11/h1-4,9,11,16H,5-8,10H2. The molecule has 4 heteroatoms. The van der Waals surface area contributed by atoms with Crippen molar-refractivity contribution in [1.82, 2.24) is 5.32 Å². The molecule has 2 aromatic rings. The van der Waals surface area contributed by atoms with Crippen molar-refractivity contribution in [2.75, 3.05) is 19.7 Å². The van der Waals surface area contributed by atoms with Crippen LogP contribution < -0.4 is 15.7 Å². The molecule has 1 aromatic carbocycles. The highest BCUT2D eigenvalue weighted by molar-refractivity contribution is 5.77. The Kier molecular flexibility index (Phi) is 3.51. The molecular formula is C15H17NO3. The van der Waals surface area contributed by atoms with Crippen molar-refractivity contribution in [3.63, 3.8) is 0 Å². The highest BCUT2D eigenvalue weighted by atomic mass is 16.5. The van der Waals surface area contributed by atoms with Gasteiger partial charge < -0.3 is 14.5 Å². The number of hydrogen-bond donors (Lipinski definition) is 1. The maximum Gasteiger partial charge on any atom is 0.336 e. The van der Waals surface area contributed by atoms with Crippen molar-refractivity contribution in [1.29, 1.82) is 0 Å². The third-order valence-electron chi connectivity index (χ3n) is 3.54. The first-order valence-corrected chi connectivity index (χ1v) is 6.69. The van der Waals surface area contributed by atoms with E-state index in [1.54, 1.807) is 12.1 Å². The van der Waals surface area contributed by atoms with E-state index >= 15 is 0 Å². The molecule has 1 aliphatic heterocycles. The molecule has 0 saturated carbocycles. The van der Waals surface area contributed by atoms with E-state index in [1.807, 2.05) is 12.1 Å². The molecule has 0 spiro atoms. The third kappa shape index (κ3) is 2.96. The van der Waals surface area contributed by atoms with Crippen LogP contribution in [0.15, 0.2) is 39.5 Å². The minimum Gasteiger partial charge on any atom is -0.493 e. The zero-order valence-corrected chi connectivity index (χ0v) is 10.7. The summed E-state index contributed by atoms with van der Waals surface area (Å²) in [6, 6.07) is 8.81. The average molecular weight is 259 g/mol. The molecule has 4 nitrogen and oxygen atoms in total. The molecule has 0 atom stereocenters. The van der Waals surface area contributed by atoms with Crippen molar-refractivity contribution in [3.8, 4) is 5.75 Å². The van der Waals surface area contributed by atoms with Crippen LogP contribution >= 0.6 is 0 Å². The third-order valence-corrected chi connectivity index (χ3v) is 3.54. The molecule has 0 unspecified atom stereocenters. The zero-order chi connectivity index (χ0) is 13.1. The Bertz CT molecular complexity index is 614. The van der Waals surface area contributed by atoms with Crippen LogP contribution in [0.2, 0.25) is 0 Å². The van der Waals surface area contributed by atoms with Crippen LogP contribution in [0.1, 0.15) is 12.8 Å². The van der Waals surface area contributed by atoms with Crippen LogP contribution in [0.25, 0.3) is 11.0 Å². The molecule has 0 bridgehead atoms. The predicted molar refractivity (Wildman–Crippen MR) is 73.6 cm³/mol. The van der Waals surface area contributed by atoms with Crippen LogP contribution in [0.4, 0.5) is 0 Å². The second-order valence-corrected chi connectivity index (χ2v) is 4.96. The van der Waals surface area contributed by atoms with Gasteiger partial charge in [0.25, 0.3) is 0 Å². The molecule has 1 N–H and O–H groups in total. The quantitative estimate of drug-likeness (QED) is 0.858. The first kappa shape index (κ1) is 12.2. The Morgan fingerprint density at radius 1 is 1.21 bits per heavy atom. The lowest BCUT2D eigenvalue weighted by molar-refractivity contribution is 0.215. The van der Waals surface area contributed by atoms with Gasteiger partial charge in [-0.1, -0.05) is 0 Å². The second-order valence-electron chi connectivity index (χ2n) is 4.96. The molecule has 3 rings (SSSR count). The topological polar surface area (TPSA) is 51.5 Å². The van der Waals surface area contributed by atoms with Gasteiger partial charge in [0.1, 0.15) is 11.3 Å². The van der Waals surface area contributed by atoms with Crippen molar-refractivity contribution < 1.29 is 9.15 Å². The SMILES string of the molecule is O=c1ccc2ccc(OCC3CCNCC3)cc2o1. The molecule has 19 heavy (non-hydrogen) atoms. The van der Waals surface area contributed by atoms with E-state index in [2.05, 4.69) is 5.32 Å². The number of ether oxygens (including phenoxy) is 1. The summed E-state index contributed by atoms with van der Waals surface area (Å²) in [6.07, 6.45) is 2.31. The Balaban J connectivity index is 1.72. The highest BCUT2D eigenvalue weighted by Gasteiger charge is 2.13. The van der Waals surface area contributed by atoms with E-state index < -0.39 is 0 Å². The lowest BCUT2D eigenvalue weighted by Gasteiger charge is -2.22. The Labute approximate surface area is 111 Å². The van der Waals surface area contributed by atoms with Gasteiger partial charge >= 0.3 is 5.63 Å². The molecular weight excluding hydrogens is 242 g/mol. The first-order valence-electron chi connectivity index (χ1n) is 6.69. The van der Waals surface area contributed by atoms with Gasteiger partial charge in [0.15, 0.2) is 0 Å². The molecule has 100 valence electrons. The number of piperidine rings is 1. The van der Waals surface area contributed by atoms with Gasteiger partial charge in [0, 0.05) is 17.5 Å². The molecule has 1 aromatic heterocycles. The molecule has 2 heterocycles. The molecule has 0 amide bonds. The molecule has 1 saturated heterocycles. The molecule has 0 radical (unpaired) electrons. The van der Waals surface area contributed by atoms with E-state index in [1.165, 1.54) is 6.07 Å². The Hall–Kier alpha value is -1.81. The highest BCUT2D eigenvalue weighted by Crippen LogP contribution is 2.21. The van der Waals surface area contributed by atoms with Crippen LogP contribution in [0, 0.1) is 5.92 Å². The monoisotopic (exact) mass is 259 g/mol. The maximum atomic E-state index is 11.2. The van der Waals surface area contributed by atoms with Crippen LogP contribution in [0.3, 0.4) is 0 Å². The Morgan fingerprint density at radius 3 is 2.84 bits per heavy atom. The summed E-state index contributed by atoms with van der Waals surface area (Å²) in [5.41, 5.74) is 0.248. The van der Waals surface area contributed by atoms with Crippen LogP contribution in [0.5, 0.6) is 5.75 Å². The summed E-state index contributed by atoms with van der Waals surface area (Å²) < 4.78 is 11.0. The fourth-order valence-electron chi connectivity index (χ4n) is 2.39. The summed E-state index contributed by atoms with van der Waals surface area (Å²) in [5.74, 6) is 1.38. The number of rotatable bonds is 3. The summed E-state index contributed by atoms with van der Waals surface area (Å²) in [7, 11) is 0. The summed E-state index contributed by atoms with van der Waals surface area (Å²) >= 11 is 0. The van der Waals surface area contributed by atoms with Gasteiger partial charge in [-0.25, -0.2) is 4.79 Å². The van der Waals surface area contributed by atoms with Crippen molar-refractivity contribution in [2.45, 2.75) is 12.8 Å². The van der Waals surface area contributed by atoms with E-state index in [4.69, 9.17) is 9.15 Å². The first-order chi connectivity index (χ1) is 9.31. The lowest BCUT2D eigenvalue weighted by atomic mass is 9.99. The fraction of sp³-hybridized carbons (Fsp3) is 0.400. The van der Waals surface area contributed by atoms with Gasteiger partial charge in [0.05, 0.1) is 6.61 Å². The normalized spacial score (nSPS) is 16.6. The van der Waals surface area contributed by atoms with Gasteiger partial charge in [0.2, 0.25) is 0 Å². The molecule has 1 fully saturated rings. The van der Waals surface area contributed by atoms with Crippen LogP contribution in [-0.2, 0) is 0 Å². The summed E-state index contributed by atoms with van der Waals surface area (Å²) in [5, 5.41) is 4.25. The van der Waals surface area contributed by atoms with Crippen molar-refractivity contribution in [2.24, 2.45) is 5.92 Å². The van der Waals surface area contributed by atoms with Crippen molar-refractivity contribution >= 4 is 11.0 Å². The number of hydrogen-bond acceptors (Lipinski definition) is 4.